The van der Waals surface area contributed by atoms with Crippen LogP contribution in [0, 0.1) is 0 Å². The van der Waals surface area contributed by atoms with Gasteiger partial charge in [-0.1, -0.05) is 6.92 Å². The minimum atomic E-state index is -0.855. The molecule has 3 N–H and O–H groups in total. The number of amides is 2. The molecular formula is C11H17N3O3S. The van der Waals surface area contributed by atoms with E-state index in [1.165, 1.54) is 11.3 Å². The number of urea groups is 1. The molecule has 0 saturated heterocycles. The largest absolute Gasteiger partial charge is 0.481 e. The van der Waals surface area contributed by atoms with Crippen molar-refractivity contribution in [3.8, 4) is 0 Å². The second-order valence-corrected chi connectivity index (χ2v) is 4.65. The van der Waals surface area contributed by atoms with Crippen molar-refractivity contribution in [2.45, 2.75) is 32.2 Å². The molecule has 6 nitrogen and oxygen atoms in total. The summed E-state index contributed by atoms with van der Waals surface area (Å²) in [5.74, 6) is -0.855. The van der Waals surface area contributed by atoms with Crippen LogP contribution in [0.15, 0.2) is 11.6 Å². The first-order chi connectivity index (χ1) is 8.63. The van der Waals surface area contributed by atoms with E-state index in [-0.39, 0.29) is 18.5 Å². The van der Waals surface area contributed by atoms with Gasteiger partial charge in [0.15, 0.2) is 0 Å². The Morgan fingerprint density at radius 1 is 1.56 bits per heavy atom. The molecule has 0 aromatic carbocycles. The molecule has 1 heterocycles. The van der Waals surface area contributed by atoms with E-state index in [0.29, 0.717) is 13.0 Å². The van der Waals surface area contributed by atoms with Crippen molar-refractivity contribution in [3.63, 3.8) is 0 Å². The average molecular weight is 271 g/mol. The van der Waals surface area contributed by atoms with Crippen LogP contribution in [-0.4, -0.2) is 28.6 Å². The SMILES string of the molecule is CCC(NC(=O)NCCCC(=O)O)c1nccs1. The van der Waals surface area contributed by atoms with Gasteiger partial charge in [0.2, 0.25) is 0 Å². The fourth-order valence-corrected chi connectivity index (χ4v) is 2.17. The Hall–Kier alpha value is -1.63. The number of aromatic nitrogens is 1. The monoisotopic (exact) mass is 271 g/mol. The fourth-order valence-electron chi connectivity index (χ4n) is 1.40. The molecule has 1 atom stereocenters. The van der Waals surface area contributed by atoms with Gasteiger partial charge in [0, 0.05) is 24.5 Å². The number of nitrogens with zero attached hydrogens (tertiary/aromatic N) is 1. The number of hydrogen-bond acceptors (Lipinski definition) is 4. The Morgan fingerprint density at radius 3 is 2.89 bits per heavy atom. The van der Waals surface area contributed by atoms with Crippen LogP contribution in [0.5, 0.6) is 0 Å². The second-order valence-electron chi connectivity index (χ2n) is 3.73. The van der Waals surface area contributed by atoms with Crippen LogP contribution in [0.1, 0.15) is 37.2 Å². The van der Waals surface area contributed by atoms with E-state index in [1.54, 1.807) is 6.20 Å². The Bertz CT molecular complexity index is 381. The second kappa shape index (κ2) is 7.65. The third kappa shape index (κ3) is 5.13. The molecule has 0 saturated carbocycles. The van der Waals surface area contributed by atoms with E-state index in [1.807, 2.05) is 12.3 Å². The van der Waals surface area contributed by atoms with E-state index in [9.17, 15) is 9.59 Å². The number of carboxylic acids is 1. The lowest BCUT2D eigenvalue weighted by Gasteiger charge is -2.14. The van der Waals surface area contributed by atoms with Gasteiger partial charge >= 0.3 is 12.0 Å². The Labute approximate surface area is 109 Å². The highest BCUT2D eigenvalue weighted by Crippen LogP contribution is 2.18. The molecule has 100 valence electrons. The molecule has 0 aliphatic heterocycles. The molecule has 1 aromatic rings. The Balaban J connectivity index is 2.28. The van der Waals surface area contributed by atoms with Crippen LogP contribution in [0.25, 0.3) is 0 Å². The molecular weight excluding hydrogens is 254 g/mol. The van der Waals surface area contributed by atoms with Crippen LogP contribution in [0.2, 0.25) is 0 Å². The van der Waals surface area contributed by atoms with Gasteiger partial charge in [0.05, 0.1) is 6.04 Å². The molecule has 0 spiro atoms. The molecule has 1 unspecified atom stereocenters. The van der Waals surface area contributed by atoms with Gasteiger partial charge in [-0.25, -0.2) is 9.78 Å². The highest BCUT2D eigenvalue weighted by molar-refractivity contribution is 7.09. The summed E-state index contributed by atoms with van der Waals surface area (Å²) in [6.45, 7) is 2.32. The topological polar surface area (TPSA) is 91.3 Å². The first-order valence-electron chi connectivity index (χ1n) is 5.79. The number of thiazole rings is 1. The standard InChI is InChI=1S/C11H17N3O3S/c1-2-8(10-12-6-7-18-10)14-11(17)13-5-3-4-9(15)16/h6-8H,2-5H2,1H3,(H,15,16)(H2,13,14,17). The first-order valence-corrected chi connectivity index (χ1v) is 6.67. The average Bonchev–Trinajstić information content (AvgIpc) is 2.85. The smallest absolute Gasteiger partial charge is 0.315 e. The summed E-state index contributed by atoms with van der Waals surface area (Å²) in [6.07, 6.45) is 2.95. The highest BCUT2D eigenvalue weighted by atomic mass is 32.1. The van der Waals surface area contributed by atoms with Crippen LogP contribution >= 0.6 is 11.3 Å². The number of hydrogen-bond donors (Lipinski definition) is 3. The summed E-state index contributed by atoms with van der Waals surface area (Å²) in [7, 11) is 0. The van der Waals surface area contributed by atoms with Gasteiger partial charge in [-0.2, -0.15) is 0 Å². The molecule has 0 aliphatic rings. The summed E-state index contributed by atoms with van der Waals surface area (Å²) >= 11 is 1.50. The third-order valence-electron chi connectivity index (χ3n) is 2.32. The predicted octanol–water partition coefficient (Wildman–Crippen LogP) is 1.76. The zero-order valence-electron chi connectivity index (χ0n) is 10.2. The lowest BCUT2D eigenvalue weighted by atomic mass is 10.2. The fraction of sp³-hybridized carbons (Fsp3) is 0.545. The van der Waals surface area contributed by atoms with Gasteiger partial charge in [0.25, 0.3) is 0 Å². The molecule has 1 aromatic heterocycles. The molecule has 18 heavy (non-hydrogen) atoms. The first kappa shape index (κ1) is 14.4. The van der Waals surface area contributed by atoms with Crippen molar-refractivity contribution in [2.24, 2.45) is 0 Å². The maximum Gasteiger partial charge on any atom is 0.315 e. The van der Waals surface area contributed by atoms with Crippen molar-refractivity contribution < 1.29 is 14.7 Å². The summed E-state index contributed by atoms with van der Waals surface area (Å²) in [6, 6.07) is -0.382. The van der Waals surface area contributed by atoms with Crippen molar-refractivity contribution >= 4 is 23.3 Å². The zero-order valence-corrected chi connectivity index (χ0v) is 11.0. The normalized spacial score (nSPS) is 11.8. The van der Waals surface area contributed by atoms with Crippen LogP contribution in [-0.2, 0) is 4.79 Å². The van der Waals surface area contributed by atoms with Gasteiger partial charge in [-0.15, -0.1) is 11.3 Å². The van der Waals surface area contributed by atoms with Gasteiger partial charge in [0.1, 0.15) is 5.01 Å². The molecule has 1 rings (SSSR count). The van der Waals surface area contributed by atoms with Gasteiger partial charge < -0.3 is 15.7 Å². The Morgan fingerprint density at radius 2 is 2.33 bits per heavy atom. The molecule has 0 bridgehead atoms. The molecule has 0 radical (unpaired) electrons. The van der Waals surface area contributed by atoms with E-state index in [2.05, 4.69) is 15.6 Å². The molecule has 2 amide bonds. The summed E-state index contributed by atoms with van der Waals surface area (Å²) in [5, 5.41) is 16.6. The van der Waals surface area contributed by atoms with Crippen molar-refractivity contribution in [1.29, 1.82) is 0 Å². The molecule has 0 aliphatic carbocycles. The third-order valence-corrected chi connectivity index (χ3v) is 3.21. The van der Waals surface area contributed by atoms with Crippen molar-refractivity contribution in [1.82, 2.24) is 15.6 Å². The lowest BCUT2D eigenvalue weighted by molar-refractivity contribution is -0.137. The lowest BCUT2D eigenvalue weighted by Crippen LogP contribution is -2.38. The number of rotatable bonds is 7. The number of nitrogens with one attached hydrogen (secondary N) is 2. The van der Waals surface area contributed by atoms with Crippen LogP contribution < -0.4 is 10.6 Å². The molecule has 7 heteroatoms. The maximum absolute atomic E-state index is 11.6. The van der Waals surface area contributed by atoms with E-state index in [4.69, 9.17) is 5.11 Å². The number of aliphatic carboxylic acids is 1. The zero-order chi connectivity index (χ0) is 13.4. The van der Waals surface area contributed by atoms with Crippen LogP contribution in [0.3, 0.4) is 0 Å². The highest BCUT2D eigenvalue weighted by Gasteiger charge is 2.14. The van der Waals surface area contributed by atoms with Crippen molar-refractivity contribution in [2.75, 3.05) is 6.54 Å². The molecule has 0 fully saturated rings. The maximum atomic E-state index is 11.6. The predicted molar refractivity (Wildman–Crippen MR) is 68.6 cm³/mol. The quantitative estimate of drug-likeness (QED) is 0.659. The van der Waals surface area contributed by atoms with E-state index >= 15 is 0 Å². The summed E-state index contributed by atoms with van der Waals surface area (Å²) < 4.78 is 0. The van der Waals surface area contributed by atoms with E-state index < -0.39 is 5.97 Å². The van der Waals surface area contributed by atoms with E-state index in [0.717, 1.165) is 11.4 Å². The van der Waals surface area contributed by atoms with Gasteiger partial charge in [-0.3, -0.25) is 4.79 Å². The minimum absolute atomic E-state index is 0.0595. The minimum Gasteiger partial charge on any atom is -0.481 e. The Kier molecular flexibility index (Phi) is 6.13. The summed E-state index contributed by atoms with van der Waals surface area (Å²) in [5.41, 5.74) is 0. The van der Waals surface area contributed by atoms with Crippen LogP contribution in [0.4, 0.5) is 4.79 Å². The number of carboxylic acid groups (broad SMARTS) is 1. The summed E-state index contributed by atoms with van der Waals surface area (Å²) in [4.78, 5) is 26.0. The van der Waals surface area contributed by atoms with Gasteiger partial charge in [-0.05, 0) is 12.8 Å². The number of carbonyl (C=O) groups excluding carboxylic acids is 1. The number of carbonyl (C=O) groups is 2. The van der Waals surface area contributed by atoms with Crippen molar-refractivity contribution in [3.05, 3.63) is 16.6 Å².